The predicted octanol–water partition coefficient (Wildman–Crippen LogP) is 4.59. The molecule has 1 unspecified atom stereocenters. The fourth-order valence-corrected chi connectivity index (χ4v) is 2.85. The van der Waals surface area contributed by atoms with Crippen molar-refractivity contribution < 1.29 is 31.1 Å². The van der Waals surface area contributed by atoms with E-state index in [1.54, 1.807) is 6.92 Å². The summed E-state index contributed by atoms with van der Waals surface area (Å²) in [6, 6.07) is 2.38. The average Bonchev–Trinajstić information content (AvgIpc) is 2.59. The summed E-state index contributed by atoms with van der Waals surface area (Å²) in [5.74, 6) is -0.619. The maximum Gasteiger partial charge on any atom is 0.417 e. The van der Waals surface area contributed by atoms with E-state index in [0.717, 1.165) is 12.1 Å². The average molecular weight is 409 g/mol. The van der Waals surface area contributed by atoms with Crippen LogP contribution in [0.15, 0.2) is 18.2 Å². The van der Waals surface area contributed by atoms with Gasteiger partial charge >= 0.3 is 12.4 Å². The van der Waals surface area contributed by atoms with Crippen LogP contribution in [-0.4, -0.2) is 43.2 Å². The maximum absolute atomic E-state index is 13.2. The minimum Gasteiger partial charge on any atom is -0.350 e. The first-order valence-corrected chi connectivity index (χ1v) is 8.55. The molecule has 10 heteroatoms. The molecule has 1 aromatic rings. The van der Waals surface area contributed by atoms with Crippen molar-refractivity contribution in [1.82, 2.24) is 4.90 Å². The second kappa shape index (κ2) is 9.17. The van der Waals surface area contributed by atoms with Gasteiger partial charge in [0.25, 0.3) is 0 Å². The smallest absolute Gasteiger partial charge is 0.350 e. The quantitative estimate of drug-likeness (QED) is 0.619. The Morgan fingerprint density at radius 1 is 1.18 bits per heavy atom. The number of likely N-dealkylation sites (N-methyl/N-ethyl adjacent to an activating group) is 1. The van der Waals surface area contributed by atoms with Gasteiger partial charge in [-0.15, -0.1) is 0 Å². The Balaban J connectivity index is 3.50. The molecule has 156 valence electrons. The van der Waals surface area contributed by atoms with E-state index in [0.29, 0.717) is 23.9 Å². The minimum absolute atomic E-state index is 0.0374. The standard InChI is InChI=1S/C18H21F6N3O/c1-4-8-26(3)16(28)15(5-2)27(11-17(19,20)21)13-7-6-12(10-25)14(9-13)18(22,23)24/h6-7,9,15H,4-5,8,11H2,1-3H3. The molecule has 0 saturated heterocycles. The number of carbonyl (C=O) groups is 1. The van der Waals surface area contributed by atoms with Crippen LogP contribution in [0.5, 0.6) is 0 Å². The fraction of sp³-hybridized carbons (Fsp3) is 0.556. The molecule has 0 spiro atoms. The number of benzene rings is 1. The summed E-state index contributed by atoms with van der Waals surface area (Å²) in [6.07, 6.45) is -9.13. The SMILES string of the molecule is CCCN(C)C(=O)C(CC)N(CC(F)(F)F)c1ccc(C#N)c(C(F)(F)F)c1. The number of carbonyl (C=O) groups excluding carboxylic acids is 1. The number of nitrogens with zero attached hydrogens (tertiary/aromatic N) is 3. The zero-order valence-corrected chi connectivity index (χ0v) is 15.7. The van der Waals surface area contributed by atoms with Crippen LogP contribution in [0.25, 0.3) is 0 Å². The summed E-state index contributed by atoms with van der Waals surface area (Å²) >= 11 is 0. The van der Waals surface area contributed by atoms with Crippen LogP contribution in [0, 0.1) is 11.3 Å². The van der Waals surface area contributed by atoms with Crippen molar-refractivity contribution in [3.05, 3.63) is 29.3 Å². The first kappa shape index (κ1) is 23.6. The lowest BCUT2D eigenvalue weighted by Gasteiger charge is -2.35. The van der Waals surface area contributed by atoms with Gasteiger partial charge in [-0.2, -0.15) is 31.6 Å². The third-order valence-electron chi connectivity index (χ3n) is 4.09. The van der Waals surface area contributed by atoms with Gasteiger partial charge in [-0.25, -0.2) is 0 Å². The number of hydrogen-bond acceptors (Lipinski definition) is 3. The molecule has 28 heavy (non-hydrogen) atoms. The Kier molecular flexibility index (Phi) is 7.73. The number of alkyl halides is 6. The van der Waals surface area contributed by atoms with Crippen LogP contribution in [0.2, 0.25) is 0 Å². The fourth-order valence-electron chi connectivity index (χ4n) is 2.85. The van der Waals surface area contributed by atoms with E-state index in [4.69, 9.17) is 5.26 Å². The lowest BCUT2D eigenvalue weighted by Crippen LogP contribution is -2.50. The highest BCUT2D eigenvalue weighted by atomic mass is 19.4. The molecule has 0 N–H and O–H groups in total. The number of halogens is 6. The van der Waals surface area contributed by atoms with Crippen molar-refractivity contribution in [3.8, 4) is 6.07 Å². The van der Waals surface area contributed by atoms with Gasteiger partial charge in [-0.05, 0) is 31.0 Å². The molecule has 1 aromatic carbocycles. The van der Waals surface area contributed by atoms with Gasteiger partial charge in [0, 0.05) is 19.3 Å². The monoisotopic (exact) mass is 409 g/mol. The summed E-state index contributed by atoms with van der Waals surface area (Å²) in [7, 11) is 1.43. The molecule has 0 aromatic heterocycles. The molecule has 1 rings (SSSR count). The summed E-state index contributed by atoms with van der Waals surface area (Å²) < 4.78 is 79.1. The normalized spacial score (nSPS) is 13.0. The van der Waals surface area contributed by atoms with E-state index in [9.17, 15) is 31.1 Å². The van der Waals surface area contributed by atoms with E-state index >= 15 is 0 Å². The van der Waals surface area contributed by atoms with Gasteiger partial charge in [0.2, 0.25) is 5.91 Å². The second-order valence-corrected chi connectivity index (χ2v) is 6.27. The Hall–Kier alpha value is -2.44. The molecule has 1 amide bonds. The Morgan fingerprint density at radius 2 is 1.79 bits per heavy atom. The van der Waals surface area contributed by atoms with Crippen molar-refractivity contribution in [1.29, 1.82) is 5.26 Å². The molecule has 4 nitrogen and oxygen atoms in total. The highest BCUT2D eigenvalue weighted by Gasteiger charge is 2.39. The minimum atomic E-state index is -4.92. The lowest BCUT2D eigenvalue weighted by molar-refractivity contribution is -0.137. The van der Waals surface area contributed by atoms with Gasteiger partial charge < -0.3 is 9.80 Å². The molecule has 0 aliphatic heterocycles. The van der Waals surface area contributed by atoms with Gasteiger partial charge in [0.05, 0.1) is 17.2 Å². The van der Waals surface area contributed by atoms with E-state index < -0.39 is 47.7 Å². The first-order chi connectivity index (χ1) is 12.9. The number of rotatable bonds is 7. The van der Waals surface area contributed by atoms with Gasteiger partial charge in [0.15, 0.2) is 0 Å². The number of amides is 1. The third kappa shape index (κ3) is 6.04. The third-order valence-corrected chi connectivity index (χ3v) is 4.09. The molecule has 0 fully saturated rings. The maximum atomic E-state index is 13.2. The Labute approximate surface area is 159 Å². The van der Waals surface area contributed by atoms with Crippen molar-refractivity contribution in [2.24, 2.45) is 0 Å². The highest BCUT2D eigenvalue weighted by molar-refractivity contribution is 5.85. The summed E-state index contributed by atoms with van der Waals surface area (Å²) in [6.45, 7) is 1.98. The van der Waals surface area contributed by atoms with Gasteiger partial charge in [0.1, 0.15) is 12.6 Å². The molecular formula is C18H21F6N3O. The van der Waals surface area contributed by atoms with Crippen molar-refractivity contribution in [2.45, 2.75) is 45.1 Å². The van der Waals surface area contributed by atoms with Crippen LogP contribution in [0.4, 0.5) is 32.0 Å². The van der Waals surface area contributed by atoms with Crippen LogP contribution in [0.3, 0.4) is 0 Å². The van der Waals surface area contributed by atoms with E-state index in [1.165, 1.54) is 24.9 Å². The number of nitriles is 1. The Morgan fingerprint density at radius 3 is 2.21 bits per heavy atom. The van der Waals surface area contributed by atoms with Crippen molar-refractivity contribution >= 4 is 11.6 Å². The molecule has 0 radical (unpaired) electrons. The second-order valence-electron chi connectivity index (χ2n) is 6.27. The largest absolute Gasteiger partial charge is 0.417 e. The van der Waals surface area contributed by atoms with Gasteiger partial charge in [-0.1, -0.05) is 13.8 Å². The number of hydrogen-bond donors (Lipinski definition) is 0. The first-order valence-electron chi connectivity index (χ1n) is 8.55. The van der Waals surface area contributed by atoms with Crippen LogP contribution >= 0.6 is 0 Å². The lowest BCUT2D eigenvalue weighted by atomic mass is 10.0. The number of anilines is 1. The van der Waals surface area contributed by atoms with Crippen molar-refractivity contribution in [2.75, 3.05) is 25.0 Å². The van der Waals surface area contributed by atoms with E-state index in [-0.39, 0.29) is 6.42 Å². The van der Waals surface area contributed by atoms with Crippen LogP contribution < -0.4 is 4.90 Å². The summed E-state index contributed by atoms with van der Waals surface area (Å²) in [5.41, 5.74) is -2.47. The summed E-state index contributed by atoms with van der Waals surface area (Å²) in [4.78, 5) is 14.5. The molecule has 0 aliphatic rings. The molecule has 0 saturated carbocycles. The van der Waals surface area contributed by atoms with E-state index in [1.807, 2.05) is 0 Å². The van der Waals surface area contributed by atoms with Crippen LogP contribution in [0.1, 0.15) is 37.8 Å². The molecule has 0 bridgehead atoms. The zero-order chi connectivity index (χ0) is 21.7. The van der Waals surface area contributed by atoms with E-state index in [2.05, 4.69) is 0 Å². The molecule has 0 heterocycles. The summed E-state index contributed by atoms with van der Waals surface area (Å²) in [5, 5.41) is 8.87. The molecular weight excluding hydrogens is 388 g/mol. The topological polar surface area (TPSA) is 47.3 Å². The van der Waals surface area contributed by atoms with Gasteiger partial charge in [-0.3, -0.25) is 4.79 Å². The highest BCUT2D eigenvalue weighted by Crippen LogP contribution is 2.36. The molecule has 0 aliphatic carbocycles. The van der Waals surface area contributed by atoms with Crippen LogP contribution in [-0.2, 0) is 11.0 Å². The molecule has 1 atom stereocenters. The van der Waals surface area contributed by atoms with Crippen molar-refractivity contribution in [3.63, 3.8) is 0 Å². The predicted molar refractivity (Wildman–Crippen MR) is 91.6 cm³/mol. The zero-order valence-electron chi connectivity index (χ0n) is 15.7. The Bertz CT molecular complexity index is 724.